The van der Waals surface area contributed by atoms with Crippen molar-refractivity contribution >= 4 is 5.91 Å². The number of aryl methyl sites for hydroxylation is 1. The third-order valence-corrected chi connectivity index (χ3v) is 3.78. The molecule has 0 aromatic carbocycles. The molecule has 2 rings (SSSR count). The molecule has 18 heavy (non-hydrogen) atoms. The maximum atomic E-state index is 11.9. The summed E-state index contributed by atoms with van der Waals surface area (Å²) in [5, 5.41) is 16.7. The quantitative estimate of drug-likeness (QED) is 0.857. The number of nitrogens with zero attached hydrogens (tertiary/aromatic N) is 1. The van der Waals surface area contributed by atoms with Crippen molar-refractivity contribution in [3.63, 3.8) is 0 Å². The summed E-state index contributed by atoms with van der Waals surface area (Å²) in [6.45, 7) is 4.18. The average molecular weight is 252 g/mol. The lowest BCUT2D eigenvalue weighted by molar-refractivity contribution is -0.00541. The van der Waals surface area contributed by atoms with Crippen LogP contribution in [-0.4, -0.2) is 28.3 Å². The second-order valence-electron chi connectivity index (χ2n) is 5.39. The van der Waals surface area contributed by atoms with Crippen LogP contribution < -0.4 is 5.32 Å². The van der Waals surface area contributed by atoms with Crippen LogP contribution in [0.1, 0.15) is 48.7 Å². The van der Waals surface area contributed by atoms with Crippen LogP contribution in [0.4, 0.5) is 0 Å². The van der Waals surface area contributed by atoms with E-state index in [9.17, 15) is 9.90 Å². The molecular formula is C13H20N2O3. The van der Waals surface area contributed by atoms with Crippen molar-refractivity contribution in [3.05, 3.63) is 17.5 Å². The van der Waals surface area contributed by atoms with Gasteiger partial charge in [0.2, 0.25) is 0 Å². The molecule has 0 aliphatic heterocycles. The summed E-state index contributed by atoms with van der Waals surface area (Å²) in [6.07, 6.45) is 4.92. The molecule has 1 aliphatic carbocycles. The molecule has 1 fully saturated rings. The van der Waals surface area contributed by atoms with Gasteiger partial charge in [-0.15, -0.1) is 0 Å². The number of hydrogen-bond acceptors (Lipinski definition) is 4. The first-order chi connectivity index (χ1) is 8.50. The zero-order valence-corrected chi connectivity index (χ0v) is 10.9. The standard InChI is InChI=1S/C13H20N2O3/c1-9-3-5-13(17,6-4-9)8-14-12(16)11-7-15-18-10(11)2/h7,9,17H,3-6,8H2,1-2H3,(H,14,16). The van der Waals surface area contributed by atoms with Crippen LogP contribution in [0.25, 0.3) is 0 Å². The number of carbonyl (C=O) groups excluding carboxylic acids is 1. The average Bonchev–Trinajstić information content (AvgIpc) is 2.77. The van der Waals surface area contributed by atoms with Gasteiger partial charge in [0, 0.05) is 6.54 Å². The highest BCUT2D eigenvalue weighted by atomic mass is 16.5. The van der Waals surface area contributed by atoms with E-state index in [1.165, 1.54) is 6.20 Å². The fourth-order valence-corrected chi connectivity index (χ4v) is 2.33. The molecule has 1 heterocycles. The van der Waals surface area contributed by atoms with Gasteiger partial charge in [-0.2, -0.15) is 0 Å². The second kappa shape index (κ2) is 5.10. The topological polar surface area (TPSA) is 75.4 Å². The summed E-state index contributed by atoms with van der Waals surface area (Å²) < 4.78 is 4.84. The van der Waals surface area contributed by atoms with Crippen molar-refractivity contribution in [3.8, 4) is 0 Å². The first-order valence-electron chi connectivity index (χ1n) is 6.42. The van der Waals surface area contributed by atoms with Crippen molar-refractivity contribution in [2.45, 2.75) is 45.1 Å². The highest BCUT2D eigenvalue weighted by molar-refractivity contribution is 5.94. The van der Waals surface area contributed by atoms with Crippen LogP contribution >= 0.6 is 0 Å². The fraction of sp³-hybridized carbons (Fsp3) is 0.692. The molecule has 0 saturated heterocycles. The van der Waals surface area contributed by atoms with E-state index < -0.39 is 5.60 Å². The number of nitrogens with one attached hydrogen (secondary N) is 1. The fourth-order valence-electron chi connectivity index (χ4n) is 2.33. The van der Waals surface area contributed by atoms with Gasteiger partial charge in [0.1, 0.15) is 11.3 Å². The summed E-state index contributed by atoms with van der Waals surface area (Å²) in [5.41, 5.74) is -0.324. The summed E-state index contributed by atoms with van der Waals surface area (Å²) in [5.74, 6) is 0.929. The molecular weight excluding hydrogens is 232 g/mol. The van der Waals surface area contributed by atoms with Gasteiger partial charge in [0.25, 0.3) is 5.91 Å². The van der Waals surface area contributed by atoms with E-state index in [1.54, 1.807) is 6.92 Å². The monoisotopic (exact) mass is 252 g/mol. The Hall–Kier alpha value is -1.36. The second-order valence-corrected chi connectivity index (χ2v) is 5.39. The molecule has 1 aliphatic rings. The first-order valence-corrected chi connectivity index (χ1v) is 6.42. The van der Waals surface area contributed by atoms with Gasteiger partial charge < -0.3 is 14.9 Å². The van der Waals surface area contributed by atoms with E-state index >= 15 is 0 Å². The Bertz CT molecular complexity index is 420. The first kappa shape index (κ1) is 13.1. The summed E-state index contributed by atoms with van der Waals surface area (Å²) >= 11 is 0. The van der Waals surface area contributed by atoms with E-state index in [4.69, 9.17) is 4.52 Å². The van der Waals surface area contributed by atoms with Gasteiger partial charge in [-0.3, -0.25) is 4.79 Å². The number of aromatic nitrogens is 1. The lowest BCUT2D eigenvalue weighted by Crippen LogP contribution is -2.45. The Morgan fingerprint density at radius 3 is 2.83 bits per heavy atom. The minimum Gasteiger partial charge on any atom is -0.388 e. The lowest BCUT2D eigenvalue weighted by atomic mass is 9.79. The highest BCUT2D eigenvalue weighted by Crippen LogP contribution is 2.31. The lowest BCUT2D eigenvalue weighted by Gasteiger charge is -2.34. The Labute approximate surface area is 107 Å². The third-order valence-electron chi connectivity index (χ3n) is 3.78. The van der Waals surface area contributed by atoms with Crippen molar-refractivity contribution in [2.75, 3.05) is 6.54 Å². The minimum absolute atomic E-state index is 0.235. The normalized spacial score (nSPS) is 28.1. The molecule has 100 valence electrons. The molecule has 1 saturated carbocycles. The molecule has 5 nitrogen and oxygen atoms in total. The largest absolute Gasteiger partial charge is 0.388 e. The molecule has 5 heteroatoms. The number of rotatable bonds is 3. The van der Waals surface area contributed by atoms with Gasteiger partial charge >= 0.3 is 0 Å². The zero-order valence-electron chi connectivity index (χ0n) is 10.9. The van der Waals surface area contributed by atoms with Gasteiger partial charge in [0.15, 0.2) is 0 Å². The Balaban J connectivity index is 1.88. The van der Waals surface area contributed by atoms with Gasteiger partial charge in [-0.25, -0.2) is 0 Å². The van der Waals surface area contributed by atoms with Gasteiger partial charge in [-0.1, -0.05) is 12.1 Å². The van der Waals surface area contributed by atoms with Crippen LogP contribution in [0, 0.1) is 12.8 Å². The molecule has 0 spiro atoms. The molecule has 1 aromatic heterocycles. The third kappa shape index (κ3) is 2.90. The van der Waals surface area contributed by atoms with Crippen LogP contribution in [0.3, 0.4) is 0 Å². The molecule has 0 bridgehead atoms. The van der Waals surface area contributed by atoms with Crippen LogP contribution in [-0.2, 0) is 0 Å². The van der Waals surface area contributed by atoms with Crippen molar-refractivity contribution in [1.82, 2.24) is 10.5 Å². The summed E-state index contributed by atoms with van der Waals surface area (Å²) in [7, 11) is 0. The van der Waals surface area contributed by atoms with Gasteiger partial charge in [0.05, 0.1) is 11.8 Å². The highest BCUT2D eigenvalue weighted by Gasteiger charge is 2.32. The smallest absolute Gasteiger partial charge is 0.256 e. The van der Waals surface area contributed by atoms with Crippen LogP contribution in [0.2, 0.25) is 0 Å². The van der Waals surface area contributed by atoms with E-state index in [2.05, 4.69) is 17.4 Å². The van der Waals surface area contributed by atoms with Gasteiger partial charge in [-0.05, 0) is 38.5 Å². The SMILES string of the molecule is Cc1oncc1C(=O)NCC1(O)CCC(C)CC1. The number of carbonyl (C=O) groups is 1. The number of hydrogen-bond donors (Lipinski definition) is 2. The zero-order chi connectivity index (χ0) is 13.2. The molecule has 0 radical (unpaired) electrons. The van der Waals surface area contributed by atoms with E-state index in [1.807, 2.05) is 0 Å². The summed E-state index contributed by atoms with van der Waals surface area (Å²) in [6, 6.07) is 0. The van der Waals surface area contributed by atoms with Crippen molar-refractivity contribution < 1.29 is 14.4 Å². The molecule has 2 N–H and O–H groups in total. The Morgan fingerprint density at radius 2 is 2.28 bits per heavy atom. The number of aliphatic hydroxyl groups is 1. The van der Waals surface area contributed by atoms with E-state index in [0.717, 1.165) is 25.7 Å². The molecule has 0 atom stereocenters. The predicted octanol–water partition coefficient (Wildman–Crippen LogP) is 1.65. The van der Waals surface area contributed by atoms with E-state index in [0.29, 0.717) is 23.8 Å². The minimum atomic E-state index is -0.757. The van der Waals surface area contributed by atoms with Crippen molar-refractivity contribution in [1.29, 1.82) is 0 Å². The summed E-state index contributed by atoms with van der Waals surface area (Å²) in [4.78, 5) is 11.9. The van der Waals surface area contributed by atoms with Crippen molar-refractivity contribution in [2.24, 2.45) is 5.92 Å². The Morgan fingerprint density at radius 1 is 1.61 bits per heavy atom. The van der Waals surface area contributed by atoms with Crippen LogP contribution in [0.15, 0.2) is 10.7 Å². The molecule has 0 unspecified atom stereocenters. The maximum absolute atomic E-state index is 11.9. The molecule has 1 amide bonds. The van der Waals surface area contributed by atoms with Crippen LogP contribution in [0.5, 0.6) is 0 Å². The maximum Gasteiger partial charge on any atom is 0.256 e. The predicted molar refractivity (Wildman–Crippen MR) is 66.2 cm³/mol. The Kier molecular flexibility index (Phi) is 3.71. The number of amides is 1. The van der Waals surface area contributed by atoms with E-state index in [-0.39, 0.29) is 5.91 Å². The molecule has 1 aromatic rings.